The van der Waals surface area contributed by atoms with E-state index in [4.69, 9.17) is 9.52 Å². The summed E-state index contributed by atoms with van der Waals surface area (Å²) in [5.41, 5.74) is 0. The Labute approximate surface area is 159 Å². The molecule has 0 saturated heterocycles. The van der Waals surface area contributed by atoms with Crippen molar-refractivity contribution in [3.8, 4) is 0 Å². The van der Waals surface area contributed by atoms with Gasteiger partial charge < -0.3 is 24.8 Å². The van der Waals surface area contributed by atoms with Gasteiger partial charge in [0, 0.05) is 6.42 Å². The van der Waals surface area contributed by atoms with E-state index in [1.165, 1.54) is 12.3 Å². The number of rotatable bonds is 12. The maximum absolute atomic E-state index is 12.1. The highest BCUT2D eigenvalue weighted by Gasteiger charge is 2.41. The van der Waals surface area contributed by atoms with Gasteiger partial charge in [0.1, 0.15) is 6.10 Å². The molecule has 152 valence electrons. The van der Waals surface area contributed by atoms with Crippen molar-refractivity contribution in [1.82, 2.24) is 0 Å². The first-order valence-electron chi connectivity index (χ1n) is 9.74. The summed E-state index contributed by atoms with van der Waals surface area (Å²) in [7, 11) is 0. The van der Waals surface area contributed by atoms with Gasteiger partial charge in [-0.2, -0.15) is 0 Å². The zero-order chi connectivity index (χ0) is 19.8. The zero-order valence-electron chi connectivity index (χ0n) is 15.5. The van der Waals surface area contributed by atoms with Crippen LogP contribution in [0.25, 0.3) is 0 Å². The molecule has 0 bridgehead atoms. The van der Waals surface area contributed by atoms with Crippen molar-refractivity contribution in [2.45, 2.75) is 76.1 Å². The molecule has 1 aliphatic carbocycles. The van der Waals surface area contributed by atoms with Crippen LogP contribution in [0.15, 0.2) is 22.8 Å². The Morgan fingerprint density at radius 3 is 2.37 bits per heavy atom. The third kappa shape index (κ3) is 6.45. The number of carboxylic acid groups (broad SMARTS) is 1. The van der Waals surface area contributed by atoms with E-state index in [-0.39, 0.29) is 30.4 Å². The lowest BCUT2D eigenvalue weighted by Gasteiger charge is -2.24. The Morgan fingerprint density at radius 1 is 1.07 bits per heavy atom. The normalized spacial score (nSPS) is 26.2. The van der Waals surface area contributed by atoms with Gasteiger partial charge in [-0.1, -0.05) is 19.3 Å². The minimum atomic E-state index is -1.18. The summed E-state index contributed by atoms with van der Waals surface area (Å²) in [4.78, 5) is 22.6. The lowest BCUT2D eigenvalue weighted by Crippen LogP contribution is -2.26. The van der Waals surface area contributed by atoms with Crippen LogP contribution in [0.2, 0.25) is 0 Å². The first-order valence-corrected chi connectivity index (χ1v) is 9.74. The van der Waals surface area contributed by atoms with E-state index in [1.54, 1.807) is 6.07 Å². The molecule has 1 aromatic heterocycles. The molecule has 1 aliphatic rings. The molecule has 0 radical (unpaired) electrons. The second-order valence-electron chi connectivity index (χ2n) is 7.48. The molecular formula is C20H30O7. The average molecular weight is 382 g/mol. The van der Waals surface area contributed by atoms with Gasteiger partial charge in [-0.3, -0.25) is 9.59 Å². The quantitative estimate of drug-likeness (QED) is 0.323. The van der Waals surface area contributed by atoms with E-state index in [1.807, 2.05) is 0 Å². The van der Waals surface area contributed by atoms with Gasteiger partial charge >= 0.3 is 5.97 Å². The van der Waals surface area contributed by atoms with Crippen LogP contribution in [0.3, 0.4) is 0 Å². The fourth-order valence-electron chi connectivity index (χ4n) is 4.05. The van der Waals surface area contributed by atoms with Crippen LogP contribution < -0.4 is 0 Å². The predicted molar refractivity (Wildman–Crippen MR) is 97.2 cm³/mol. The number of carbonyl (C=O) groups excluding carboxylic acids is 1. The fourth-order valence-corrected chi connectivity index (χ4v) is 4.05. The maximum Gasteiger partial charge on any atom is 0.303 e. The van der Waals surface area contributed by atoms with Crippen LogP contribution >= 0.6 is 0 Å². The fraction of sp³-hybridized carbons (Fsp3) is 0.700. The summed E-state index contributed by atoms with van der Waals surface area (Å²) < 4.78 is 5.01. The topological polar surface area (TPSA) is 128 Å². The standard InChI is InChI=1S/C20H30O7/c21-15(20(26)18-7-5-11-27-18)10-9-14-13(16(22)12-17(14)23)6-3-1-2-4-8-19(24)25/h5,7,11,13-17,21-23H,1-4,6,8-10,12H2,(H,24,25)/t13-,14-,15?,16+,17-/m1/s1. The number of hydrogen-bond acceptors (Lipinski definition) is 6. The van der Waals surface area contributed by atoms with Gasteiger partial charge in [0.2, 0.25) is 5.78 Å². The van der Waals surface area contributed by atoms with E-state index >= 15 is 0 Å². The summed E-state index contributed by atoms with van der Waals surface area (Å²) in [6.45, 7) is 0. The number of aliphatic hydroxyl groups is 3. The lowest BCUT2D eigenvalue weighted by molar-refractivity contribution is -0.137. The van der Waals surface area contributed by atoms with Gasteiger partial charge in [0.25, 0.3) is 0 Å². The van der Waals surface area contributed by atoms with E-state index in [0.29, 0.717) is 19.3 Å². The number of furan rings is 1. The van der Waals surface area contributed by atoms with E-state index in [9.17, 15) is 24.9 Å². The molecule has 0 aliphatic heterocycles. The Bertz CT molecular complexity index is 583. The number of hydrogen-bond donors (Lipinski definition) is 4. The summed E-state index contributed by atoms with van der Waals surface area (Å²) >= 11 is 0. The number of carbonyl (C=O) groups is 2. The van der Waals surface area contributed by atoms with Crippen molar-refractivity contribution in [2.75, 3.05) is 0 Å². The molecule has 2 rings (SSSR count). The minimum absolute atomic E-state index is 0.0645. The molecule has 1 heterocycles. The Kier molecular flexibility index (Phi) is 8.47. The summed E-state index contributed by atoms with van der Waals surface area (Å²) in [5, 5.41) is 39.2. The van der Waals surface area contributed by atoms with Gasteiger partial charge in [-0.15, -0.1) is 0 Å². The number of ketones is 1. The molecule has 1 unspecified atom stereocenters. The van der Waals surface area contributed by atoms with Crippen molar-refractivity contribution in [1.29, 1.82) is 0 Å². The van der Waals surface area contributed by atoms with Crippen molar-refractivity contribution < 1.29 is 34.4 Å². The third-order valence-corrected chi connectivity index (χ3v) is 5.54. The number of unbranched alkanes of at least 4 members (excludes halogenated alkanes) is 3. The first kappa shape index (κ1) is 21.6. The van der Waals surface area contributed by atoms with Gasteiger partial charge in [0.05, 0.1) is 18.5 Å². The van der Waals surface area contributed by atoms with Gasteiger partial charge in [0.15, 0.2) is 5.76 Å². The maximum atomic E-state index is 12.1. The van der Waals surface area contributed by atoms with Crippen LogP contribution in [0, 0.1) is 11.8 Å². The summed E-state index contributed by atoms with van der Waals surface area (Å²) in [5.74, 6) is -1.36. The molecular weight excluding hydrogens is 352 g/mol. The smallest absolute Gasteiger partial charge is 0.303 e. The molecule has 4 N–H and O–H groups in total. The van der Waals surface area contributed by atoms with Gasteiger partial charge in [-0.05, 0) is 56.1 Å². The van der Waals surface area contributed by atoms with Crippen molar-refractivity contribution in [3.05, 3.63) is 24.2 Å². The molecule has 27 heavy (non-hydrogen) atoms. The van der Waals surface area contributed by atoms with Crippen LogP contribution in [0.1, 0.15) is 68.3 Å². The second-order valence-corrected chi connectivity index (χ2v) is 7.48. The number of aliphatic carboxylic acids is 1. The monoisotopic (exact) mass is 382 g/mol. The molecule has 5 atom stereocenters. The van der Waals surface area contributed by atoms with E-state index < -0.39 is 30.1 Å². The van der Waals surface area contributed by atoms with E-state index in [0.717, 1.165) is 25.7 Å². The molecule has 7 heteroatoms. The van der Waals surface area contributed by atoms with Crippen molar-refractivity contribution in [2.24, 2.45) is 11.8 Å². The van der Waals surface area contributed by atoms with Crippen LogP contribution in [-0.4, -0.2) is 50.5 Å². The molecule has 0 spiro atoms. The molecule has 7 nitrogen and oxygen atoms in total. The third-order valence-electron chi connectivity index (χ3n) is 5.54. The summed E-state index contributed by atoms with van der Waals surface area (Å²) in [6, 6.07) is 3.09. The molecule has 0 aromatic carbocycles. The number of Topliss-reactive ketones (excluding diaryl/α,β-unsaturated/α-hetero) is 1. The number of aliphatic hydroxyl groups excluding tert-OH is 3. The molecule has 1 saturated carbocycles. The Morgan fingerprint density at radius 2 is 1.74 bits per heavy atom. The largest absolute Gasteiger partial charge is 0.481 e. The molecule has 0 amide bonds. The van der Waals surface area contributed by atoms with Gasteiger partial charge in [-0.25, -0.2) is 0 Å². The highest BCUT2D eigenvalue weighted by atomic mass is 16.4. The lowest BCUT2D eigenvalue weighted by atomic mass is 9.84. The molecule has 1 aromatic rings. The second kappa shape index (κ2) is 10.6. The average Bonchev–Trinajstić information content (AvgIpc) is 3.24. The SMILES string of the molecule is O=C(O)CCCCCC[C@@H]1[C@@H](CCC(O)C(=O)c2ccco2)[C@H](O)C[C@@H]1O. The first-order chi connectivity index (χ1) is 12.9. The van der Waals surface area contributed by atoms with Crippen LogP contribution in [0.5, 0.6) is 0 Å². The molecule has 1 fully saturated rings. The summed E-state index contributed by atoms with van der Waals surface area (Å²) in [6.07, 6.45) is 4.11. The Hall–Kier alpha value is -1.70. The highest BCUT2D eigenvalue weighted by Crippen LogP contribution is 2.39. The number of carboxylic acids is 1. The predicted octanol–water partition coefficient (Wildman–Crippen LogP) is 2.39. The zero-order valence-corrected chi connectivity index (χ0v) is 15.5. The van der Waals surface area contributed by atoms with Crippen LogP contribution in [0.4, 0.5) is 0 Å². The minimum Gasteiger partial charge on any atom is -0.481 e. The Balaban J connectivity index is 1.77. The van der Waals surface area contributed by atoms with E-state index in [2.05, 4.69) is 0 Å². The highest BCUT2D eigenvalue weighted by molar-refractivity contribution is 5.96. The van der Waals surface area contributed by atoms with Crippen molar-refractivity contribution >= 4 is 11.8 Å². The van der Waals surface area contributed by atoms with Crippen LogP contribution in [-0.2, 0) is 4.79 Å². The van der Waals surface area contributed by atoms with Crippen molar-refractivity contribution in [3.63, 3.8) is 0 Å².